The SMILES string of the molecule is COC(=O)CN(CCN1CCOCC1)C(=O)c1ccc(Cl)cc1. The first-order valence-electron chi connectivity index (χ1n) is 7.52. The maximum atomic E-state index is 12.6. The molecule has 23 heavy (non-hydrogen) atoms. The van der Waals surface area contributed by atoms with E-state index in [1.54, 1.807) is 24.3 Å². The summed E-state index contributed by atoms with van der Waals surface area (Å²) in [5, 5.41) is 0.564. The van der Waals surface area contributed by atoms with Crippen molar-refractivity contribution in [1.29, 1.82) is 0 Å². The van der Waals surface area contributed by atoms with E-state index in [0.29, 0.717) is 36.9 Å². The van der Waals surface area contributed by atoms with Crippen molar-refractivity contribution in [2.45, 2.75) is 0 Å². The molecule has 2 rings (SSSR count). The fraction of sp³-hybridized carbons (Fsp3) is 0.500. The van der Waals surface area contributed by atoms with E-state index in [-0.39, 0.29) is 12.5 Å². The molecular formula is C16H21ClN2O4. The molecule has 6 nitrogen and oxygen atoms in total. The van der Waals surface area contributed by atoms with Crippen molar-refractivity contribution in [3.05, 3.63) is 34.9 Å². The average Bonchev–Trinajstić information content (AvgIpc) is 2.59. The van der Waals surface area contributed by atoms with E-state index in [9.17, 15) is 9.59 Å². The molecule has 1 aliphatic rings. The summed E-state index contributed by atoms with van der Waals surface area (Å²) in [5.74, 6) is -0.644. The molecule has 1 aliphatic heterocycles. The molecule has 0 N–H and O–H groups in total. The summed E-state index contributed by atoms with van der Waals surface area (Å²) >= 11 is 5.85. The van der Waals surface area contributed by atoms with Crippen molar-refractivity contribution >= 4 is 23.5 Å². The van der Waals surface area contributed by atoms with Crippen LogP contribution in [0.25, 0.3) is 0 Å². The van der Waals surface area contributed by atoms with Gasteiger partial charge in [-0.15, -0.1) is 0 Å². The predicted molar refractivity (Wildman–Crippen MR) is 86.6 cm³/mol. The highest BCUT2D eigenvalue weighted by molar-refractivity contribution is 6.30. The topological polar surface area (TPSA) is 59.1 Å². The smallest absolute Gasteiger partial charge is 0.325 e. The van der Waals surface area contributed by atoms with E-state index in [2.05, 4.69) is 4.90 Å². The standard InChI is InChI=1S/C16H21ClN2O4/c1-22-15(20)12-19(7-6-18-8-10-23-11-9-18)16(21)13-2-4-14(17)5-3-13/h2-5H,6-12H2,1H3. The van der Waals surface area contributed by atoms with E-state index < -0.39 is 5.97 Å². The van der Waals surface area contributed by atoms with Gasteiger partial charge in [-0.1, -0.05) is 11.6 Å². The third-order valence-corrected chi connectivity index (χ3v) is 3.97. The van der Waals surface area contributed by atoms with Crippen molar-refractivity contribution in [1.82, 2.24) is 9.80 Å². The molecule has 0 spiro atoms. The number of hydrogen-bond acceptors (Lipinski definition) is 5. The van der Waals surface area contributed by atoms with Crippen LogP contribution in [0, 0.1) is 0 Å². The van der Waals surface area contributed by atoms with Crippen LogP contribution in [0.4, 0.5) is 0 Å². The van der Waals surface area contributed by atoms with Gasteiger partial charge >= 0.3 is 5.97 Å². The highest BCUT2D eigenvalue weighted by Gasteiger charge is 2.20. The first-order chi connectivity index (χ1) is 11.1. The highest BCUT2D eigenvalue weighted by atomic mass is 35.5. The summed E-state index contributed by atoms with van der Waals surface area (Å²) in [6.07, 6.45) is 0. The molecule has 1 aromatic rings. The lowest BCUT2D eigenvalue weighted by molar-refractivity contribution is -0.141. The Bertz CT molecular complexity index is 529. The summed E-state index contributed by atoms with van der Waals surface area (Å²) < 4.78 is 10.00. The Kier molecular flexibility index (Phi) is 6.83. The summed E-state index contributed by atoms with van der Waals surface area (Å²) in [4.78, 5) is 27.9. The largest absolute Gasteiger partial charge is 0.468 e. The number of nitrogens with zero attached hydrogens (tertiary/aromatic N) is 2. The summed E-state index contributed by atoms with van der Waals surface area (Å²) in [6, 6.07) is 6.63. The molecule has 1 amide bonds. The van der Waals surface area contributed by atoms with Gasteiger partial charge < -0.3 is 14.4 Å². The Morgan fingerprint density at radius 1 is 1.26 bits per heavy atom. The number of rotatable bonds is 6. The first-order valence-corrected chi connectivity index (χ1v) is 7.89. The second-order valence-electron chi connectivity index (χ2n) is 5.26. The van der Waals surface area contributed by atoms with Crippen LogP contribution >= 0.6 is 11.6 Å². The van der Waals surface area contributed by atoms with Gasteiger partial charge in [-0.2, -0.15) is 0 Å². The molecule has 1 aromatic carbocycles. The van der Waals surface area contributed by atoms with Gasteiger partial charge in [0.2, 0.25) is 0 Å². The maximum absolute atomic E-state index is 12.6. The van der Waals surface area contributed by atoms with Crippen LogP contribution in [0.3, 0.4) is 0 Å². The molecular weight excluding hydrogens is 320 g/mol. The third-order valence-electron chi connectivity index (χ3n) is 3.72. The van der Waals surface area contributed by atoms with Gasteiger partial charge in [0.05, 0.1) is 20.3 Å². The minimum Gasteiger partial charge on any atom is -0.468 e. The van der Waals surface area contributed by atoms with Gasteiger partial charge in [0.25, 0.3) is 5.91 Å². The lowest BCUT2D eigenvalue weighted by Gasteiger charge is -2.29. The molecule has 7 heteroatoms. The number of halogens is 1. The Hall–Kier alpha value is -1.63. The first kappa shape index (κ1) is 17.7. The van der Waals surface area contributed by atoms with Crippen molar-refractivity contribution in [3.63, 3.8) is 0 Å². The third kappa shape index (κ3) is 5.49. The summed E-state index contributed by atoms with van der Waals surface area (Å²) in [6.45, 7) is 4.14. The maximum Gasteiger partial charge on any atom is 0.325 e. The van der Waals surface area contributed by atoms with E-state index in [4.69, 9.17) is 21.1 Å². The number of hydrogen-bond donors (Lipinski definition) is 0. The van der Waals surface area contributed by atoms with Crippen molar-refractivity contribution < 1.29 is 19.1 Å². The van der Waals surface area contributed by atoms with E-state index in [1.807, 2.05) is 0 Å². The van der Waals surface area contributed by atoms with Gasteiger partial charge in [-0.05, 0) is 24.3 Å². The molecule has 0 aromatic heterocycles. The molecule has 0 aliphatic carbocycles. The van der Waals surface area contributed by atoms with Gasteiger partial charge in [-0.25, -0.2) is 0 Å². The minimum absolute atomic E-state index is 0.0672. The number of carbonyl (C=O) groups is 2. The molecule has 1 fully saturated rings. The monoisotopic (exact) mass is 340 g/mol. The van der Waals surface area contributed by atoms with E-state index in [0.717, 1.165) is 13.1 Å². The number of carbonyl (C=O) groups excluding carboxylic acids is 2. The average molecular weight is 341 g/mol. The molecule has 1 heterocycles. The summed E-state index contributed by atoms with van der Waals surface area (Å²) in [7, 11) is 1.31. The van der Waals surface area contributed by atoms with Crippen LogP contribution in [-0.4, -0.2) is 74.7 Å². The summed E-state index contributed by atoms with van der Waals surface area (Å²) in [5.41, 5.74) is 0.500. The predicted octanol–water partition coefficient (Wildman–Crippen LogP) is 1.29. The van der Waals surface area contributed by atoms with Gasteiger partial charge in [0, 0.05) is 36.8 Å². The molecule has 0 unspecified atom stereocenters. The number of amides is 1. The Labute approximate surface area is 140 Å². The van der Waals surface area contributed by atoms with Crippen LogP contribution in [0.1, 0.15) is 10.4 Å². The molecule has 126 valence electrons. The lowest BCUT2D eigenvalue weighted by Crippen LogP contribution is -2.44. The van der Waals surface area contributed by atoms with Crippen LogP contribution < -0.4 is 0 Å². The number of methoxy groups -OCH3 is 1. The van der Waals surface area contributed by atoms with Gasteiger partial charge in [-0.3, -0.25) is 14.5 Å². The fourth-order valence-electron chi connectivity index (χ4n) is 2.33. The number of morpholine rings is 1. The Morgan fingerprint density at radius 2 is 1.91 bits per heavy atom. The molecule has 0 radical (unpaired) electrons. The normalized spacial score (nSPS) is 15.2. The quantitative estimate of drug-likeness (QED) is 0.730. The minimum atomic E-state index is -0.436. The van der Waals surface area contributed by atoms with Gasteiger partial charge in [0.1, 0.15) is 6.54 Å². The zero-order valence-corrected chi connectivity index (χ0v) is 13.9. The zero-order chi connectivity index (χ0) is 16.7. The second-order valence-corrected chi connectivity index (χ2v) is 5.70. The zero-order valence-electron chi connectivity index (χ0n) is 13.2. The van der Waals surface area contributed by atoms with E-state index in [1.165, 1.54) is 12.0 Å². The van der Waals surface area contributed by atoms with Crippen LogP contribution in [0.15, 0.2) is 24.3 Å². The Balaban J connectivity index is 2.01. The van der Waals surface area contributed by atoms with Crippen molar-refractivity contribution in [2.24, 2.45) is 0 Å². The lowest BCUT2D eigenvalue weighted by atomic mass is 10.2. The molecule has 1 saturated heterocycles. The van der Waals surface area contributed by atoms with E-state index >= 15 is 0 Å². The Morgan fingerprint density at radius 3 is 2.52 bits per heavy atom. The van der Waals surface area contributed by atoms with Gasteiger partial charge in [0.15, 0.2) is 0 Å². The van der Waals surface area contributed by atoms with Crippen LogP contribution in [0.2, 0.25) is 5.02 Å². The molecule has 0 atom stereocenters. The van der Waals surface area contributed by atoms with Crippen molar-refractivity contribution in [2.75, 3.05) is 53.0 Å². The molecule has 0 bridgehead atoms. The number of esters is 1. The molecule has 0 saturated carbocycles. The van der Waals surface area contributed by atoms with Crippen LogP contribution in [-0.2, 0) is 14.3 Å². The number of benzene rings is 1. The number of ether oxygens (including phenoxy) is 2. The second kappa shape index (κ2) is 8.86. The fourth-order valence-corrected chi connectivity index (χ4v) is 2.46. The van der Waals surface area contributed by atoms with Crippen molar-refractivity contribution in [3.8, 4) is 0 Å². The van der Waals surface area contributed by atoms with Crippen LogP contribution in [0.5, 0.6) is 0 Å². The highest BCUT2D eigenvalue weighted by Crippen LogP contribution is 2.12.